The van der Waals surface area contributed by atoms with Crippen molar-refractivity contribution in [3.63, 3.8) is 0 Å². The summed E-state index contributed by atoms with van der Waals surface area (Å²) in [6, 6.07) is 0.0902. The summed E-state index contributed by atoms with van der Waals surface area (Å²) in [5, 5.41) is 0. The lowest BCUT2D eigenvalue weighted by Crippen LogP contribution is -2.46. The first-order valence-corrected chi connectivity index (χ1v) is 6.04. The van der Waals surface area contributed by atoms with E-state index < -0.39 is 9.84 Å². The molecule has 0 aromatic heterocycles. The summed E-state index contributed by atoms with van der Waals surface area (Å²) in [6.45, 7) is 1.41. The van der Waals surface area contributed by atoms with Gasteiger partial charge in [0.05, 0.1) is 11.5 Å². The third-order valence-electron chi connectivity index (χ3n) is 2.01. The Morgan fingerprint density at radius 3 is 2.31 bits per heavy atom. The Morgan fingerprint density at radius 1 is 1.31 bits per heavy atom. The van der Waals surface area contributed by atoms with Crippen molar-refractivity contribution in [2.45, 2.75) is 25.8 Å². The van der Waals surface area contributed by atoms with Gasteiger partial charge in [-0.1, -0.05) is 0 Å². The van der Waals surface area contributed by atoms with Crippen molar-refractivity contribution in [2.75, 3.05) is 11.5 Å². The van der Waals surface area contributed by atoms with E-state index in [1.54, 1.807) is 0 Å². The second-order valence-electron chi connectivity index (χ2n) is 3.25. The zero-order valence-electron chi connectivity index (χ0n) is 7.54. The molecule has 0 bridgehead atoms. The minimum atomic E-state index is -2.81. The molecule has 1 aliphatic heterocycles. The Labute approximate surface area is 77.8 Å². The molecule has 1 heterocycles. The highest BCUT2D eigenvalue weighted by atomic mass is 32.2. The highest BCUT2D eigenvalue weighted by Gasteiger charge is 2.23. The molecule has 1 saturated heterocycles. The summed E-state index contributed by atoms with van der Waals surface area (Å²) in [5.74, 6) is 0.266. The summed E-state index contributed by atoms with van der Waals surface area (Å²) in [4.78, 5) is 10.5. The summed E-state index contributed by atoms with van der Waals surface area (Å²) in [7, 11) is -2.81. The first-order valence-electron chi connectivity index (χ1n) is 4.22. The van der Waals surface area contributed by atoms with Gasteiger partial charge in [0.2, 0.25) is 5.91 Å². The second-order valence-corrected chi connectivity index (χ2v) is 5.56. The number of carbonyl (C=O) groups is 1. The van der Waals surface area contributed by atoms with Crippen molar-refractivity contribution in [3.8, 4) is 0 Å². The van der Waals surface area contributed by atoms with Gasteiger partial charge in [-0.05, 0) is 12.8 Å². The Bertz CT molecular complexity index is 272. The van der Waals surface area contributed by atoms with E-state index in [4.69, 9.17) is 0 Å². The molecule has 6 heteroatoms. The fraction of sp³-hybridized carbons (Fsp3) is 0.857. The average molecular weight is 206 g/mol. The molecule has 1 aliphatic rings. The van der Waals surface area contributed by atoms with E-state index in [0.717, 1.165) is 0 Å². The van der Waals surface area contributed by atoms with Gasteiger partial charge >= 0.3 is 0 Å². The van der Waals surface area contributed by atoms with Crippen LogP contribution in [0.3, 0.4) is 0 Å². The number of hydrazine groups is 1. The molecule has 0 radical (unpaired) electrons. The number of sulfone groups is 1. The number of hydrogen-bond acceptors (Lipinski definition) is 4. The van der Waals surface area contributed by atoms with Crippen molar-refractivity contribution in [1.82, 2.24) is 10.9 Å². The third-order valence-corrected chi connectivity index (χ3v) is 3.72. The Morgan fingerprint density at radius 2 is 1.85 bits per heavy atom. The summed E-state index contributed by atoms with van der Waals surface area (Å²) in [5.41, 5.74) is 5.25. The van der Waals surface area contributed by atoms with Crippen LogP contribution in [0.15, 0.2) is 0 Å². The first kappa shape index (κ1) is 10.5. The molecule has 2 N–H and O–H groups in total. The Kier molecular flexibility index (Phi) is 3.27. The van der Waals surface area contributed by atoms with E-state index >= 15 is 0 Å². The average Bonchev–Trinajstić information content (AvgIpc) is 2.02. The van der Waals surface area contributed by atoms with Crippen LogP contribution in [0.25, 0.3) is 0 Å². The van der Waals surface area contributed by atoms with Crippen LogP contribution in [-0.4, -0.2) is 31.9 Å². The monoisotopic (exact) mass is 206 g/mol. The lowest BCUT2D eigenvalue weighted by Gasteiger charge is -2.22. The number of hydrogen-bond donors (Lipinski definition) is 2. The Balaban J connectivity index is 2.29. The molecule has 5 nitrogen and oxygen atoms in total. The van der Waals surface area contributed by atoms with Crippen molar-refractivity contribution in [1.29, 1.82) is 0 Å². The second kappa shape index (κ2) is 4.06. The Hall–Kier alpha value is -0.620. The summed E-state index contributed by atoms with van der Waals surface area (Å²) >= 11 is 0. The summed E-state index contributed by atoms with van der Waals surface area (Å²) < 4.78 is 22.0. The van der Waals surface area contributed by atoms with E-state index in [0.29, 0.717) is 12.8 Å². The van der Waals surface area contributed by atoms with Gasteiger partial charge in [0.15, 0.2) is 0 Å². The lowest BCUT2D eigenvalue weighted by atomic mass is 10.2. The van der Waals surface area contributed by atoms with Gasteiger partial charge in [-0.15, -0.1) is 0 Å². The van der Waals surface area contributed by atoms with E-state index in [2.05, 4.69) is 10.9 Å². The molecule has 0 atom stereocenters. The van der Waals surface area contributed by atoms with Crippen LogP contribution in [0, 0.1) is 0 Å². The predicted molar refractivity (Wildman–Crippen MR) is 48.6 cm³/mol. The van der Waals surface area contributed by atoms with E-state index in [9.17, 15) is 13.2 Å². The molecule has 0 unspecified atom stereocenters. The smallest absolute Gasteiger partial charge is 0.230 e. The largest absolute Gasteiger partial charge is 0.292 e. The maximum absolute atomic E-state index is 11.0. The molecule has 1 rings (SSSR count). The van der Waals surface area contributed by atoms with Gasteiger partial charge in [-0.2, -0.15) is 0 Å². The van der Waals surface area contributed by atoms with Crippen LogP contribution in [0.1, 0.15) is 19.8 Å². The summed E-state index contributed by atoms with van der Waals surface area (Å²) in [6.07, 6.45) is 1.14. The minimum Gasteiger partial charge on any atom is -0.292 e. The third kappa shape index (κ3) is 3.73. The van der Waals surface area contributed by atoms with Crippen molar-refractivity contribution in [2.24, 2.45) is 0 Å². The predicted octanol–water partition coefficient (Wildman–Crippen LogP) is -0.796. The molecule has 0 aromatic carbocycles. The minimum absolute atomic E-state index is 0.0902. The highest BCUT2D eigenvalue weighted by Crippen LogP contribution is 2.11. The van der Waals surface area contributed by atoms with Gasteiger partial charge in [-0.25, -0.2) is 13.8 Å². The lowest BCUT2D eigenvalue weighted by molar-refractivity contribution is -0.120. The zero-order valence-corrected chi connectivity index (χ0v) is 8.36. The molecule has 0 aliphatic carbocycles. The molecular formula is C7H14N2O3S. The zero-order chi connectivity index (χ0) is 9.90. The fourth-order valence-electron chi connectivity index (χ4n) is 1.24. The van der Waals surface area contributed by atoms with Crippen LogP contribution in [-0.2, 0) is 14.6 Å². The SMILES string of the molecule is CC(=O)NNC1CCS(=O)(=O)CC1. The fourth-order valence-corrected chi connectivity index (χ4v) is 2.73. The van der Waals surface area contributed by atoms with Gasteiger partial charge < -0.3 is 0 Å². The molecular weight excluding hydrogens is 192 g/mol. The number of rotatable bonds is 2. The van der Waals surface area contributed by atoms with Crippen LogP contribution in [0.2, 0.25) is 0 Å². The number of amides is 1. The van der Waals surface area contributed by atoms with Gasteiger partial charge in [0, 0.05) is 13.0 Å². The maximum Gasteiger partial charge on any atom is 0.230 e. The molecule has 1 fully saturated rings. The quantitative estimate of drug-likeness (QED) is 0.580. The van der Waals surface area contributed by atoms with E-state index in [-0.39, 0.29) is 23.5 Å². The van der Waals surface area contributed by atoms with Crippen molar-refractivity contribution >= 4 is 15.7 Å². The highest BCUT2D eigenvalue weighted by molar-refractivity contribution is 7.91. The number of nitrogens with one attached hydrogen (secondary N) is 2. The maximum atomic E-state index is 11.0. The van der Waals surface area contributed by atoms with Gasteiger partial charge in [-0.3, -0.25) is 10.2 Å². The first-order chi connectivity index (χ1) is 5.99. The van der Waals surface area contributed by atoms with Crippen LogP contribution in [0.5, 0.6) is 0 Å². The molecule has 1 amide bonds. The molecule has 76 valence electrons. The van der Waals surface area contributed by atoms with Gasteiger partial charge in [0.25, 0.3) is 0 Å². The topological polar surface area (TPSA) is 75.3 Å². The normalized spacial score (nSPS) is 22.5. The van der Waals surface area contributed by atoms with Crippen molar-refractivity contribution in [3.05, 3.63) is 0 Å². The molecule has 0 aromatic rings. The number of carbonyl (C=O) groups excluding carboxylic acids is 1. The van der Waals surface area contributed by atoms with Gasteiger partial charge in [0.1, 0.15) is 9.84 Å². The van der Waals surface area contributed by atoms with E-state index in [1.807, 2.05) is 0 Å². The standard InChI is InChI=1S/C7H14N2O3S/c1-6(10)8-9-7-2-4-13(11,12)5-3-7/h7,9H,2-5H2,1H3,(H,8,10). The molecule has 0 spiro atoms. The molecule has 0 saturated carbocycles. The van der Waals surface area contributed by atoms with Crippen LogP contribution >= 0.6 is 0 Å². The van der Waals surface area contributed by atoms with Crippen molar-refractivity contribution < 1.29 is 13.2 Å². The van der Waals surface area contributed by atoms with Crippen LogP contribution in [0.4, 0.5) is 0 Å². The molecule has 13 heavy (non-hydrogen) atoms. The van der Waals surface area contributed by atoms with E-state index in [1.165, 1.54) is 6.92 Å². The van der Waals surface area contributed by atoms with Crippen LogP contribution < -0.4 is 10.9 Å².